The molecule has 1 aromatic heterocycles. The molecule has 0 spiro atoms. The first-order valence-electron chi connectivity index (χ1n) is 12.5. The molecule has 3 fully saturated rings. The van der Waals surface area contributed by atoms with Crippen LogP contribution in [0.2, 0.25) is 0 Å². The van der Waals surface area contributed by atoms with Crippen LogP contribution in [0.15, 0.2) is 48.7 Å². The van der Waals surface area contributed by atoms with Gasteiger partial charge in [0, 0.05) is 23.7 Å². The number of ether oxygens (including phenoxy) is 2. The predicted molar refractivity (Wildman–Crippen MR) is 130 cm³/mol. The summed E-state index contributed by atoms with van der Waals surface area (Å²) in [7, 11) is 0. The number of benzene rings is 1. The highest BCUT2D eigenvalue weighted by molar-refractivity contribution is 5.72. The largest absolute Gasteiger partial charge is 0.462 e. The van der Waals surface area contributed by atoms with Crippen LogP contribution in [-0.2, 0) is 14.3 Å². The van der Waals surface area contributed by atoms with Gasteiger partial charge < -0.3 is 14.8 Å². The molecule has 1 N–H and O–H groups in total. The number of esters is 1. The van der Waals surface area contributed by atoms with Gasteiger partial charge in [-0.25, -0.2) is 9.18 Å². The van der Waals surface area contributed by atoms with Crippen molar-refractivity contribution >= 4 is 18.1 Å². The van der Waals surface area contributed by atoms with Crippen LogP contribution in [0.4, 0.5) is 9.18 Å². The summed E-state index contributed by atoms with van der Waals surface area (Å²) in [6, 6.07) is 10.5. The topological polar surface area (TPSA) is 77.5 Å². The minimum Gasteiger partial charge on any atom is -0.462 e. The number of fused-ring (bicyclic) bond motifs is 2. The Kier molecular flexibility index (Phi) is 6.84. The predicted octanol–water partition coefficient (Wildman–Crippen LogP) is 5.38. The Balaban J connectivity index is 1.31. The fourth-order valence-corrected chi connectivity index (χ4v) is 6.22. The quantitative estimate of drug-likeness (QED) is 0.584. The minimum atomic E-state index is -0.360. The van der Waals surface area contributed by atoms with E-state index < -0.39 is 0 Å². The third-order valence-corrected chi connectivity index (χ3v) is 7.76. The standard InChI is InChI=1S/C28H31FN2O4/c1-2-34-28(33)31-22-9-10-23-19(13-22)14-26-25(15-27(32)35-26)24(23)11-8-21-7-6-18(16-30-21)17-4-3-5-20(29)12-17/h3-8,11-12,16,19,22-26H,2,9-10,13-15H2,1H3,(H,31,33)/b11-8+/t19-,22-,23+,24-,25-,26+/m0/s1. The number of amides is 1. The number of halogens is 1. The zero-order valence-corrected chi connectivity index (χ0v) is 19.9. The zero-order chi connectivity index (χ0) is 24.4. The van der Waals surface area contributed by atoms with E-state index >= 15 is 0 Å². The lowest BCUT2D eigenvalue weighted by atomic mass is 9.59. The van der Waals surface area contributed by atoms with Crippen molar-refractivity contribution in [1.29, 1.82) is 0 Å². The van der Waals surface area contributed by atoms with Gasteiger partial charge in [0.2, 0.25) is 0 Å². The van der Waals surface area contributed by atoms with Crippen LogP contribution in [0.5, 0.6) is 0 Å². The number of hydrogen-bond donors (Lipinski definition) is 1. The van der Waals surface area contributed by atoms with E-state index in [1.165, 1.54) is 12.1 Å². The summed E-state index contributed by atoms with van der Waals surface area (Å²) in [6.07, 6.45) is 9.64. The molecule has 1 amide bonds. The number of rotatable bonds is 5. The van der Waals surface area contributed by atoms with Crippen LogP contribution in [0.25, 0.3) is 17.2 Å². The molecule has 2 heterocycles. The van der Waals surface area contributed by atoms with Crippen molar-refractivity contribution in [2.75, 3.05) is 6.61 Å². The highest BCUT2D eigenvalue weighted by atomic mass is 19.1. The molecule has 1 aliphatic heterocycles. The molecule has 2 aliphatic carbocycles. The Morgan fingerprint density at radius 1 is 1.20 bits per heavy atom. The van der Waals surface area contributed by atoms with E-state index in [2.05, 4.69) is 16.4 Å². The van der Waals surface area contributed by atoms with Gasteiger partial charge in [0.1, 0.15) is 11.9 Å². The van der Waals surface area contributed by atoms with E-state index in [0.717, 1.165) is 42.5 Å². The fourth-order valence-electron chi connectivity index (χ4n) is 6.22. The van der Waals surface area contributed by atoms with Gasteiger partial charge >= 0.3 is 12.1 Å². The van der Waals surface area contributed by atoms with E-state index in [0.29, 0.717) is 24.9 Å². The number of alkyl carbamates (subject to hydrolysis) is 1. The van der Waals surface area contributed by atoms with E-state index in [9.17, 15) is 14.0 Å². The number of carbonyl (C=O) groups excluding carboxylic acids is 2. The average molecular weight is 479 g/mol. The maximum Gasteiger partial charge on any atom is 0.407 e. The number of nitrogens with zero attached hydrogens (tertiary/aromatic N) is 1. The summed E-state index contributed by atoms with van der Waals surface area (Å²) in [5.41, 5.74) is 2.48. The Morgan fingerprint density at radius 2 is 2.09 bits per heavy atom. The second kappa shape index (κ2) is 10.2. The van der Waals surface area contributed by atoms with E-state index in [-0.39, 0.29) is 41.9 Å². The van der Waals surface area contributed by atoms with Crippen LogP contribution in [0.1, 0.15) is 44.7 Å². The Hall–Kier alpha value is -3.22. The lowest BCUT2D eigenvalue weighted by Gasteiger charge is -2.47. The van der Waals surface area contributed by atoms with Gasteiger partial charge in [-0.1, -0.05) is 24.3 Å². The van der Waals surface area contributed by atoms with Gasteiger partial charge in [0.05, 0.1) is 18.7 Å². The lowest BCUT2D eigenvalue weighted by molar-refractivity contribution is -0.143. The molecular weight excluding hydrogens is 447 g/mol. The van der Waals surface area contributed by atoms with Gasteiger partial charge in [-0.15, -0.1) is 0 Å². The normalized spacial score (nSPS) is 29.8. The summed E-state index contributed by atoms with van der Waals surface area (Å²) in [5, 5.41) is 3.00. The van der Waals surface area contributed by atoms with Crippen molar-refractivity contribution in [3.8, 4) is 11.1 Å². The first-order chi connectivity index (χ1) is 17.0. The molecule has 0 radical (unpaired) electrons. The van der Waals surface area contributed by atoms with Crippen LogP contribution in [0, 0.1) is 29.5 Å². The molecule has 35 heavy (non-hydrogen) atoms. The Morgan fingerprint density at radius 3 is 2.86 bits per heavy atom. The Labute approximate surface area is 204 Å². The average Bonchev–Trinajstić information content (AvgIpc) is 3.22. The van der Waals surface area contributed by atoms with Gasteiger partial charge in [0.25, 0.3) is 0 Å². The number of hydrogen-bond acceptors (Lipinski definition) is 5. The lowest BCUT2D eigenvalue weighted by Crippen LogP contribution is -2.48. The molecule has 184 valence electrons. The number of carbonyl (C=O) groups is 2. The number of allylic oxidation sites excluding steroid dienone is 1. The van der Waals surface area contributed by atoms with Crippen molar-refractivity contribution < 1.29 is 23.5 Å². The molecule has 2 aromatic rings. The minimum absolute atomic E-state index is 0.0666. The summed E-state index contributed by atoms with van der Waals surface area (Å²) >= 11 is 0. The first kappa shape index (κ1) is 23.5. The van der Waals surface area contributed by atoms with Crippen molar-refractivity contribution in [3.63, 3.8) is 0 Å². The van der Waals surface area contributed by atoms with Gasteiger partial charge in [-0.2, -0.15) is 0 Å². The Bertz CT molecular complexity index is 1100. The molecule has 7 heteroatoms. The van der Waals surface area contributed by atoms with Crippen molar-refractivity contribution in [3.05, 3.63) is 60.2 Å². The van der Waals surface area contributed by atoms with Crippen LogP contribution in [-0.4, -0.2) is 35.8 Å². The monoisotopic (exact) mass is 478 g/mol. The summed E-state index contributed by atoms with van der Waals surface area (Å²) in [5.74, 6) is 0.832. The molecular formula is C28H31FN2O4. The van der Waals surface area contributed by atoms with Crippen molar-refractivity contribution in [2.24, 2.45) is 23.7 Å². The SMILES string of the molecule is CCOC(=O)N[C@H]1CC[C@@H]2[C@@H](C1)C[C@H]1OC(=O)C[C@H]1[C@H]2/C=C/c1ccc(-c2cccc(F)c2)cn1. The molecule has 1 aromatic carbocycles. The molecule has 6 atom stereocenters. The molecule has 2 saturated carbocycles. The third kappa shape index (κ3) is 5.24. The van der Waals surface area contributed by atoms with Crippen LogP contribution in [0.3, 0.4) is 0 Å². The van der Waals surface area contributed by atoms with Crippen molar-refractivity contribution in [1.82, 2.24) is 10.3 Å². The van der Waals surface area contributed by atoms with E-state index in [1.807, 2.05) is 24.3 Å². The smallest absolute Gasteiger partial charge is 0.407 e. The van der Waals surface area contributed by atoms with Gasteiger partial charge in [-0.3, -0.25) is 9.78 Å². The zero-order valence-electron chi connectivity index (χ0n) is 19.9. The second-order valence-electron chi connectivity index (χ2n) is 9.85. The summed E-state index contributed by atoms with van der Waals surface area (Å²) in [4.78, 5) is 28.6. The van der Waals surface area contributed by atoms with Crippen LogP contribution < -0.4 is 5.32 Å². The highest BCUT2D eigenvalue weighted by Crippen LogP contribution is 2.51. The summed E-state index contributed by atoms with van der Waals surface area (Å²) < 4.78 is 24.3. The molecule has 3 aliphatic rings. The van der Waals surface area contributed by atoms with Crippen molar-refractivity contribution in [2.45, 2.75) is 51.2 Å². The van der Waals surface area contributed by atoms with Crippen LogP contribution >= 0.6 is 0 Å². The maximum atomic E-state index is 13.6. The molecule has 6 nitrogen and oxygen atoms in total. The molecule has 5 rings (SSSR count). The molecule has 0 unspecified atom stereocenters. The summed E-state index contributed by atoms with van der Waals surface area (Å²) in [6.45, 7) is 2.15. The number of pyridine rings is 1. The molecule has 1 saturated heterocycles. The number of nitrogens with one attached hydrogen (secondary N) is 1. The maximum absolute atomic E-state index is 13.6. The number of aromatic nitrogens is 1. The van der Waals surface area contributed by atoms with Gasteiger partial charge in [0.15, 0.2) is 0 Å². The first-order valence-corrected chi connectivity index (χ1v) is 12.5. The fraction of sp³-hybridized carbons (Fsp3) is 0.464. The van der Waals surface area contributed by atoms with E-state index in [1.54, 1.807) is 19.2 Å². The third-order valence-electron chi connectivity index (χ3n) is 7.76. The highest BCUT2D eigenvalue weighted by Gasteiger charge is 2.50. The molecule has 0 bridgehead atoms. The van der Waals surface area contributed by atoms with E-state index in [4.69, 9.17) is 9.47 Å². The van der Waals surface area contributed by atoms with Gasteiger partial charge in [-0.05, 0) is 80.2 Å². The second-order valence-corrected chi connectivity index (χ2v) is 9.85.